The molecule has 0 saturated carbocycles. The zero-order valence-corrected chi connectivity index (χ0v) is 18.1. The molecule has 0 amide bonds. The van der Waals surface area contributed by atoms with Crippen LogP contribution in [0.25, 0.3) is 0 Å². The summed E-state index contributed by atoms with van der Waals surface area (Å²) in [6, 6.07) is 10.8. The van der Waals surface area contributed by atoms with Crippen molar-refractivity contribution in [3.63, 3.8) is 0 Å². The Bertz CT molecular complexity index is 671. The number of benzene rings is 1. The van der Waals surface area contributed by atoms with E-state index in [9.17, 15) is 0 Å². The Morgan fingerprint density at radius 1 is 1.36 bits per heavy atom. The summed E-state index contributed by atoms with van der Waals surface area (Å²) < 4.78 is 0. The van der Waals surface area contributed by atoms with Crippen molar-refractivity contribution in [1.29, 1.82) is 0 Å². The van der Waals surface area contributed by atoms with Crippen LogP contribution in [0.1, 0.15) is 34.7 Å². The Hall–Kier alpha value is -1.15. The molecule has 0 radical (unpaired) electrons. The van der Waals surface area contributed by atoms with Crippen LogP contribution in [-0.2, 0) is 6.42 Å². The van der Waals surface area contributed by atoms with Crippen LogP contribution in [0.4, 0.5) is 0 Å². The molecule has 1 aliphatic heterocycles. The minimum atomic E-state index is 0. The van der Waals surface area contributed by atoms with E-state index in [2.05, 4.69) is 59.4 Å². The lowest BCUT2D eigenvalue weighted by Crippen LogP contribution is -2.40. The minimum absolute atomic E-state index is 0. The normalized spacial score (nSPS) is 17.4. The predicted molar refractivity (Wildman–Crippen MR) is 117 cm³/mol. The summed E-state index contributed by atoms with van der Waals surface area (Å²) >= 11 is 1.77. The molecule has 6 heteroatoms. The highest BCUT2D eigenvalue weighted by Gasteiger charge is 2.25. The molecule has 1 unspecified atom stereocenters. The van der Waals surface area contributed by atoms with Crippen LogP contribution < -0.4 is 5.32 Å². The summed E-state index contributed by atoms with van der Waals surface area (Å²) in [7, 11) is 0. The SMILES string of the molecule is CCNC(=NCCc1ncc(C)s1)N1CCC(c2ccccc2)C1.I. The van der Waals surface area contributed by atoms with Crippen molar-refractivity contribution in [2.24, 2.45) is 4.99 Å². The summed E-state index contributed by atoms with van der Waals surface area (Å²) in [6.45, 7) is 8.05. The van der Waals surface area contributed by atoms with E-state index in [-0.39, 0.29) is 24.0 Å². The monoisotopic (exact) mass is 470 g/mol. The maximum atomic E-state index is 4.83. The molecule has 1 saturated heterocycles. The van der Waals surface area contributed by atoms with Crippen LogP contribution in [0.3, 0.4) is 0 Å². The zero-order chi connectivity index (χ0) is 16.8. The number of nitrogens with zero attached hydrogens (tertiary/aromatic N) is 3. The molecule has 136 valence electrons. The number of hydrogen-bond acceptors (Lipinski definition) is 3. The molecule has 2 aromatic rings. The van der Waals surface area contributed by atoms with Gasteiger partial charge in [-0.3, -0.25) is 4.99 Å². The first-order chi connectivity index (χ1) is 11.8. The third-order valence-electron chi connectivity index (χ3n) is 4.35. The van der Waals surface area contributed by atoms with Crippen molar-refractivity contribution in [2.45, 2.75) is 32.6 Å². The van der Waals surface area contributed by atoms with Crippen molar-refractivity contribution in [2.75, 3.05) is 26.2 Å². The first-order valence-electron chi connectivity index (χ1n) is 8.75. The van der Waals surface area contributed by atoms with E-state index in [1.54, 1.807) is 11.3 Å². The summed E-state index contributed by atoms with van der Waals surface area (Å²) in [6.07, 6.45) is 4.06. The highest BCUT2D eigenvalue weighted by molar-refractivity contribution is 14.0. The summed E-state index contributed by atoms with van der Waals surface area (Å²) in [5.41, 5.74) is 1.44. The van der Waals surface area contributed by atoms with E-state index >= 15 is 0 Å². The van der Waals surface area contributed by atoms with E-state index in [4.69, 9.17) is 4.99 Å². The molecule has 4 nitrogen and oxygen atoms in total. The van der Waals surface area contributed by atoms with Crippen LogP contribution >= 0.6 is 35.3 Å². The first kappa shape index (κ1) is 20.2. The van der Waals surface area contributed by atoms with Crippen LogP contribution in [0.15, 0.2) is 41.5 Å². The lowest BCUT2D eigenvalue weighted by atomic mass is 9.99. The van der Waals surface area contributed by atoms with Gasteiger partial charge in [-0.2, -0.15) is 0 Å². The molecule has 1 aliphatic rings. The van der Waals surface area contributed by atoms with Crippen LogP contribution in [-0.4, -0.2) is 42.0 Å². The number of halogens is 1. The number of nitrogens with one attached hydrogen (secondary N) is 1. The Labute approximate surface area is 171 Å². The fourth-order valence-electron chi connectivity index (χ4n) is 3.15. The van der Waals surface area contributed by atoms with Gasteiger partial charge in [-0.25, -0.2) is 4.98 Å². The largest absolute Gasteiger partial charge is 0.357 e. The molecular weight excluding hydrogens is 443 g/mol. The molecule has 1 aromatic carbocycles. The number of aryl methyl sites for hydroxylation is 1. The maximum Gasteiger partial charge on any atom is 0.193 e. The average molecular weight is 470 g/mol. The highest BCUT2D eigenvalue weighted by atomic mass is 127. The van der Waals surface area contributed by atoms with Gasteiger partial charge < -0.3 is 10.2 Å². The number of hydrogen-bond donors (Lipinski definition) is 1. The number of guanidine groups is 1. The number of thiazole rings is 1. The van der Waals surface area contributed by atoms with Crippen LogP contribution in [0.2, 0.25) is 0 Å². The van der Waals surface area contributed by atoms with Crippen molar-refractivity contribution in [3.8, 4) is 0 Å². The van der Waals surface area contributed by atoms with Gasteiger partial charge in [-0.1, -0.05) is 30.3 Å². The molecule has 1 atom stereocenters. The third-order valence-corrected chi connectivity index (χ3v) is 5.32. The maximum absolute atomic E-state index is 4.83. The van der Waals surface area contributed by atoms with E-state index in [0.717, 1.165) is 38.6 Å². The summed E-state index contributed by atoms with van der Waals surface area (Å²) in [4.78, 5) is 12.9. The number of aromatic nitrogens is 1. The molecule has 2 heterocycles. The zero-order valence-electron chi connectivity index (χ0n) is 14.9. The quantitative estimate of drug-likeness (QED) is 0.407. The third kappa shape index (κ3) is 5.67. The van der Waals surface area contributed by atoms with Gasteiger partial charge in [0.25, 0.3) is 0 Å². The van der Waals surface area contributed by atoms with Crippen molar-refractivity contribution >= 4 is 41.3 Å². The molecular formula is C19H27IN4S. The topological polar surface area (TPSA) is 40.5 Å². The number of aliphatic imine (C=N–C) groups is 1. The molecule has 0 spiro atoms. The van der Waals surface area contributed by atoms with Gasteiger partial charge in [-0.15, -0.1) is 35.3 Å². The van der Waals surface area contributed by atoms with Crippen LogP contribution in [0.5, 0.6) is 0 Å². The van der Waals surface area contributed by atoms with E-state index < -0.39 is 0 Å². The second-order valence-electron chi connectivity index (χ2n) is 6.19. The Morgan fingerprint density at radius 3 is 2.84 bits per heavy atom. The molecule has 3 rings (SSSR count). The molecule has 25 heavy (non-hydrogen) atoms. The van der Waals surface area contributed by atoms with Crippen molar-refractivity contribution < 1.29 is 0 Å². The lowest BCUT2D eigenvalue weighted by molar-refractivity contribution is 0.486. The van der Waals surface area contributed by atoms with Crippen molar-refractivity contribution in [3.05, 3.63) is 52.0 Å². The Morgan fingerprint density at radius 2 is 2.16 bits per heavy atom. The summed E-state index contributed by atoms with van der Waals surface area (Å²) in [5.74, 6) is 1.65. The Balaban J connectivity index is 0.00000225. The van der Waals surface area contributed by atoms with E-state index in [1.165, 1.54) is 21.9 Å². The molecule has 1 fully saturated rings. The van der Waals surface area contributed by atoms with Crippen LogP contribution in [0, 0.1) is 6.92 Å². The molecule has 1 N–H and O–H groups in total. The van der Waals surface area contributed by atoms with Gasteiger partial charge in [-0.05, 0) is 25.8 Å². The number of rotatable bonds is 5. The second-order valence-corrected chi connectivity index (χ2v) is 7.51. The molecule has 1 aromatic heterocycles. The fourth-order valence-corrected chi connectivity index (χ4v) is 3.93. The van der Waals surface area contributed by atoms with Gasteiger partial charge in [0.05, 0.1) is 5.01 Å². The van der Waals surface area contributed by atoms with E-state index in [0.29, 0.717) is 5.92 Å². The average Bonchev–Trinajstić information content (AvgIpc) is 3.24. The van der Waals surface area contributed by atoms with Gasteiger partial charge in [0, 0.05) is 49.6 Å². The van der Waals surface area contributed by atoms with Gasteiger partial charge in [0.15, 0.2) is 5.96 Å². The minimum Gasteiger partial charge on any atom is -0.357 e. The highest BCUT2D eigenvalue weighted by Crippen LogP contribution is 2.26. The Kier molecular flexibility index (Phi) is 8.15. The van der Waals surface area contributed by atoms with Gasteiger partial charge in [0.2, 0.25) is 0 Å². The first-order valence-corrected chi connectivity index (χ1v) is 9.57. The van der Waals surface area contributed by atoms with Gasteiger partial charge >= 0.3 is 0 Å². The standard InChI is InChI=1S/C19H26N4S.HI/c1-3-20-19(21-11-9-18-22-13-15(2)24-18)23-12-10-17(14-23)16-7-5-4-6-8-16;/h4-8,13,17H,3,9-12,14H2,1-2H3,(H,20,21);1H. The predicted octanol–water partition coefficient (Wildman–Crippen LogP) is 4.07. The lowest BCUT2D eigenvalue weighted by Gasteiger charge is -2.21. The van der Waals surface area contributed by atoms with Crippen molar-refractivity contribution in [1.82, 2.24) is 15.2 Å². The fraction of sp³-hybridized carbons (Fsp3) is 0.474. The molecule has 0 aliphatic carbocycles. The molecule has 0 bridgehead atoms. The van der Waals surface area contributed by atoms with E-state index in [1.807, 2.05) is 6.20 Å². The smallest absolute Gasteiger partial charge is 0.193 e. The second kappa shape index (κ2) is 10.1. The van der Waals surface area contributed by atoms with Gasteiger partial charge in [0.1, 0.15) is 0 Å². The number of likely N-dealkylation sites (tertiary alicyclic amines) is 1. The summed E-state index contributed by atoms with van der Waals surface area (Å²) in [5, 5.41) is 4.62.